The predicted octanol–water partition coefficient (Wildman–Crippen LogP) is 4.24. The first-order chi connectivity index (χ1) is 8.17. The van der Waals surface area contributed by atoms with E-state index in [1.165, 1.54) is 31.4 Å². The average molecular weight is 299 g/mol. The summed E-state index contributed by atoms with van der Waals surface area (Å²) in [5, 5.41) is 0. The van der Waals surface area contributed by atoms with Gasteiger partial charge in [-0.15, -0.1) is 0 Å². The Morgan fingerprint density at radius 1 is 1.35 bits per heavy atom. The molecule has 0 aromatic carbocycles. The van der Waals surface area contributed by atoms with E-state index in [1.54, 1.807) is 0 Å². The first-order valence-electron chi connectivity index (χ1n) is 6.50. The van der Waals surface area contributed by atoms with E-state index in [0.717, 1.165) is 11.0 Å². The molecule has 0 N–H and O–H groups in total. The number of unbranched alkanes of at least 4 members (excludes halogenated alkanes) is 1. The molecule has 0 spiro atoms. The summed E-state index contributed by atoms with van der Waals surface area (Å²) in [6.45, 7) is 8.98. The lowest BCUT2D eigenvalue weighted by Gasteiger charge is -2.28. The minimum Gasteiger partial charge on any atom is -0.296 e. The average Bonchev–Trinajstić information content (AvgIpc) is 2.33. The van der Waals surface area contributed by atoms with Crippen molar-refractivity contribution in [1.82, 2.24) is 9.88 Å². The maximum absolute atomic E-state index is 4.23. The van der Waals surface area contributed by atoms with E-state index in [9.17, 15) is 0 Å². The van der Waals surface area contributed by atoms with E-state index < -0.39 is 0 Å². The molecule has 0 fully saturated rings. The molecule has 1 aromatic heterocycles. The van der Waals surface area contributed by atoms with Crippen molar-refractivity contribution in [2.75, 3.05) is 6.54 Å². The topological polar surface area (TPSA) is 16.1 Å². The zero-order valence-electron chi connectivity index (χ0n) is 11.1. The van der Waals surface area contributed by atoms with E-state index >= 15 is 0 Å². The highest BCUT2D eigenvalue weighted by Crippen LogP contribution is 2.14. The molecule has 17 heavy (non-hydrogen) atoms. The molecule has 0 radical (unpaired) electrons. The molecule has 0 amide bonds. The lowest BCUT2D eigenvalue weighted by atomic mass is 10.1. The molecule has 3 heteroatoms. The van der Waals surface area contributed by atoms with Gasteiger partial charge in [-0.2, -0.15) is 0 Å². The number of halogens is 1. The van der Waals surface area contributed by atoms with Gasteiger partial charge < -0.3 is 0 Å². The molecular formula is C14H23BrN2. The van der Waals surface area contributed by atoms with Gasteiger partial charge in [0.1, 0.15) is 0 Å². The van der Waals surface area contributed by atoms with Crippen LogP contribution in [0.3, 0.4) is 0 Å². The highest BCUT2D eigenvalue weighted by molar-refractivity contribution is 9.10. The summed E-state index contributed by atoms with van der Waals surface area (Å²) in [5.74, 6) is 0. The zero-order chi connectivity index (χ0) is 12.7. The molecule has 96 valence electrons. The third-order valence-corrected chi connectivity index (χ3v) is 3.59. The quantitative estimate of drug-likeness (QED) is 0.748. The SMILES string of the molecule is CCCCN(Cc1cncc(Br)c1)C(C)CC. The van der Waals surface area contributed by atoms with E-state index in [2.05, 4.69) is 52.7 Å². The summed E-state index contributed by atoms with van der Waals surface area (Å²) in [7, 11) is 0. The Morgan fingerprint density at radius 3 is 2.71 bits per heavy atom. The third-order valence-electron chi connectivity index (χ3n) is 3.16. The van der Waals surface area contributed by atoms with Crippen LogP contribution in [0.25, 0.3) is 0 Å². The normalized spacial score (nSPS) is 13.0. The molecule has 0 aliphatic carbocycles. The fraction of sp³-hybridized carbons (Fsp3) is 0.643. The molecular weight excluding hydrogens is 276 g/mol. The van der Waals surface area contributed by atoms with Gasteiger partial charge in [-0.25, -0.2) is 0 Å². The minimum absolute atomic E-state index is 0.639. The molecule has 0 saturated carbocycles. The fourth-order valence-corrected chi connectivity index (χ4v) is 2.26. The molecule has 1 unspecified atom stereocenters. The first kappa shape index (κ1) is 14.7. The van der Waals surface area contributed by atoms with Crippen molar-refractivity contribution in [3.8, 4) is 0 Å². The second-order valence-corrected chi connectivity index (χ2v) is 5.51. The van der Waals surface area contributed by atoms with Gasteiger partial charge in [0.2, 0.25) is 0 Å². The smallest absolute Gasteiger partial charge is 0.0410 e. The van der Waals surface area contributed by atoms with Gasteiger partial charge in [0.15, 0.2) is 0 Å². The Morgan fingerprint density at radius 2 is 2.12 bits per heavy atom. The van der Waals surface area contributed by atoms with Gasteiger partial charge in [0, 0.05) is 29.5 Å². The molecule has 0 saturated heterocycles. The van der Waals surface area contributed by atoms with Crippen LogP contribution in [-0.2, 0) is 6.54 Å². The summed E-state index contributed by atoms with van der Waals surface area (Å²) < 4.78 is 1.06. The molecule has 0 bridgehead atoms. The Balaban J connectivity index is 2.64. The van der Waals surface area contributed by atoms with Crippen LogP contribution in [0.5, 0.6) is 0 Å². The fourth-order valence-electron chi connectivity index (χ4n) is 1.85. The largest absolute Gasteiger partial charge is 0.296 e. The maximum Gasteiger partial charge on any atom is 0.0410 e. The van der Waals surface area contributed by atoms with Crippen molar-refractivity contribution >= 4 is 15.9 Å². The van der Waals surface area contributed by atoms with Gasteiger partial charge in [0.05, 0.1) is 0 Å². The molecule has 1 rings (SSSR count). The second-order valence-electron chi connectivity index (χ2n) is 4.59. The second kappa shape index (κ2) is 7.83. The summed E-state index contributed by atoms with van der Waals surface area (Å²) in [6.07, 6.45) is 7.52. The van der Waals surface area contributed by atoms with Crippen LogP contribution < -0.4 is 0 Å². The number of pyridine rings is 1. The Labute approximate surface area is 114 Å². The van der Waals surface area contributed by atoms with Crippen molar-refractivity contribution in [1.29, 1.82) is 0 Å². The maximum atomic E-state index is 4.23. The highest BCUT2D eigenvalue weighted by Gasteiger charge is 2.12. The minimum atomic E-state index is 0.639. The first-order valence-corrected chi connectivity index (χ1v) is 7.30. The van der Waals surface area contributed by atoms with Crippen LogP contribution in [0, 0.1) is 0 Å². The Bertz CT molecular complexity index is 328. The number of rotatable bonds is 7. The van der Waals surface area contributed by atoms with E-state index in [-0.39, 0.29) is 0 Å². The van der Waals surface area contributed by atoms with Gasteiger partial charge >= 0.3 is 0 Å². The predicted molar refractivity (Wildman–Crippen MR) is 77.0 cm³/mol. The lowest BCUT2D eigenvalue weighted by molar-refractivity contribution is 0.192. The molecule has 2 nitrogen and oxygen atoms in total. The van der Waals surface area contributed by atoms with Crippen LogP contribution in [0.1, 0.15) is 45.6 Å². The van der Waals surface area contributed by atoms with E-state index in [4.69, 9.17) is 0 Å². The van der Waals surface area contributed by atoms with Gasteiger partial charge in [-0.3, -0.25) is 9.88 Å². The van der Waals surface area contributed by atoms with Crippen LogP contribution in [0.2, 0.25) is 0 Å². The number of hydrogen-bond donors (Lipinski definition) is 0. The van der Waals surface area contributed by atoms with Crippen LogP contribution in [0.15, 0.2) is 22.9 Å². The Hall–Kier alpha value is -0.410. The van der Waals surface area contributed by atoms with Crippen molar-refractivity contribution < 1.29 is 0 Å². The van der Waals surface area contributed by atoms with Crippen molar-refractivity contribution in [3.05, 3.63) is 28.5 Å². The standard InChI is InChI=1S/C14H23BrN2/c1-4-6-7-17(12(3)5-2)11-13-8-14(15)10-16-9-13/h8-10,12H,4-7,11H2,1-3H3. The van der Waals surface area contributed by atoms with E-state index in [0.29, 0.717) is 6.04 Å². The number of hydrogen-bond acceptors (Lipinski definition) is 2. The van der Waals surface area contributed by atoms with Crippen LogP contribution in [0.4, 0.5) is 0 Å². The molecule has 0 aliphatic heterocycles. The van der Waals surface area contributed by atoms with Crippen LogP contribution in [-0.4, -0.2) is 22.5 Å². The summed E-state index contributed by atoms with van der Waals surface area (Å²) in [5.41, 5.74) is 1.29. The zero-order valence-corrected chi connectivity index (χ0v) is 12.7. The number of aromatic nitrogens is 1. The van der Waals surface area contributed by atoms with Crippen molar-refractivity contribution in [2.24, 2.45) is 0 Å². The molecule has 1 aromatic rings. The van der Waals surface area contributed by atoms with Crippen molar-refractivity contribution in [2.45, 2.75) is 52.6 Å². The highest BCUT2D eigenvalue weighted by atomic mass is 79.9. The Kier molecular flexibility index (Phi) is 6.75. The van der Waals surface area contributed by atoms with Gasteiger partial charge in [-0.05, 0) is 53.9 Å². The number of nitrogens with zero attached hydrogens (tertiary/aromatic N) is 2. The van der Waals surface area contributed by atoms with Gasteiger partial charge in [-0.1, -0.05) is 20.3 Å². The lowest BCUT2D eigenvalue weighted by Crippen LogP contribution is -2.33. The third kappa shape index (κ3) is 5.17. The summed E-state index contributed by atoms with van der Waals surface area (Å²) >= 11 is 3.48. The molecule has 1 atom stereocenters. The van der Waals surface area contributed by atoms with Crippen molar-refractivity contribution in [3.63, 3.8) is 0 Å². The summed E-state index contributed by atoms with van der Waals surface area (Å²) in [6, 6.07) is 2.80. The van der Waals surface area contributed by atoms with Crippen LogP contribution >= 0.6 is 15.9 Å². The monoisotopic (exact) mass is 298 g/mol. The molecule has 1 heterocycles. The van der Waals surface area contributed by atoms with E-state index in [1.807, 2.05) is 12.4 Å². The molecule has 0 aliphatic rings. The summed E-state index contributed by atoms with van der Waals surface area (Å²) in [4.78, 5) is 6.78. The van der Waals surface area contributed by atoms with Gasteiger partial charge in [0.25, 0.3) is 0 Å².